The van der Waals surface area contributed by atoms with E-state index in [0.29, 0.717) is 10.6 Å². The smallest absolute Gasteiger partial charge is 0.184 e. The van der Waals surface area contributed by atoms with Gasteiger partial charge in [-0.1, -0.05) is 23.7 Å². The molecule has 2 rings (SSSR count). The van der Waals surface area contributed by atoms with E-state index in [2.05, 4.69) is 0 Å². The highest BCUT2D eigenvalue weighted by atomic mass is 35.5. The van der Waals surface area contributed by atoms with Crippen LogP contribution in [0.15, 0.2) is 24.3 Å². The van der Waals surface area contributed by atoms with Gasteiger partial charge in [-0.25, -0.2) is 0 Å². The SMILES string of the molecule is O[C@H]1[C@H](O)[C@@H](O)COC(c2cccc(Cl)c2)OC[C@H]1O. The summed E-state index contributed by atoms with van der Waals surface area (Å²) in [4.78, 5) is 0. The minimum Gasteiger partial charge on any atom is -0.388 e. The van der Waals surface area contributed by atoms with Crippen LogP contribution >= 0.6 is 11.6 Å². The Bertz CT molecular complexity index is 425. The third-order valence-corrected chi connectivity index (χ3v) is 3.33. The summed E-state index contributed by atoms with van der Waals surface area (Å²) in [7, 11) is 0. The Morgan fingerprint density at radius 3 is 2.00 bits per heavy atom. The van der Waals surface area contributed by atoms with Gasteiger partial charge in [0, 0.05) is 10.6 Å². The van der Waals surface area contributed by atoms with Gasteiger partial charge in [-0.05, 0) is 12.1 Å². The largest absolute Gasteiger partial charge is 0.388 e. The monoisotopic (exact) mass is 304 g/mol. The summed E-state index contributed by atoms with van der Waals surface area (Å²) in [5.74, 6) is 0. The number of ether oxygens (including phenoxy) is 2. The zero-order valence-electron chi connectivity index (χ0n) is 10.6. The summed E-state index contributed by atoms with van der Waals surface area (Å²) in [5.41, 5.74) is 0.614. The lowest BCUT2D eigenvalue weighted by Crippen LogP contribution is -2.46. The molecule has 112 valence electrons. The number of benzene rings is 1. The number of hydrogen-bond acceptors (Lipinski definition) is 6. The fourth-order valence-corrected chi connectivity index (χ4v) is 2.12. The van der Waals surface area contributed by atoms with E-state index < -0.39 is 30.7 Å². The van der Waals surface area contributed by atoms with E-state index in [-0.39, 0.29) is 13.2 Å². The van der Waals surface area contributed by atoms with Crippen LogP contribution in [0.4, 0.5) is 0 Å². The van der Waals surface area contributed by atoms with Crippen LogP contribution in [0.2, 0.25) is 5.02 Å². The van der Waals surface area contributed by atoms with Crippen LogP contribution in [0, 0.1) is 0 Å². The van der Waals surface area contributed by atoms with Crippen molar-refractivity contribution in [2.45, 2.75) is 30.7 Å². The predicted octanol–water partition coefficient (Wildman–Crippen LogP) is -0.171. The molecule has 1 unspecified atom stereocenters. The lowest BCUT2D eigenvalue weighted by molar-refractivity contribution is -0.170. The Kier molecular flexibility index (Phi) is 5.34. The van der Waals surface area contributed by atoms with Crippen LogP contribution in [0.3, 0.4) is 0 Å². The van der Waals surface area contributed by atoms with Crippen molar-refractivity contribution in [3.8, 4) is 0 Å². The molecule has 1 aliphatic rings. The van der Waals surface area contributed by atoms with E-state index in [9.17, 15) is 20.4 Å². The van der Waals surface area contributed by atoms with Gasteiger partial charge in [-0.2, -0.15) is 0 Å². The first-order chi connectivity index (χ1) is 9.49. The first-order valence-electron chi connectivity index (χ1n) is 6.20. The summed E-state index contributed by atoms with van der Waals surface area (Å²) in [5, 5.41) is 39.1. The maximum absolute atomic E-state index is 9.69. The van der Waals surface area contributed by atoms with Gasteiger partial charge in [-0.3, -0.25) is 0 Å². The third kappa shape index (κ3) is 3.67. The van der Waals surface area contributed by atoms with Gasteiger partial charge in [0.05, 0.1) is 13.2 Å². The Morgan fingerprint density at radius 1 is 0.950 bits per heavy atom. The van der Waals surface area contributed by atoms with E-state index in [4.69, 9.17) is 21.1 Å². The third-order valence-electron chi connectivity index (χ3n) is 3.10. The topological polar surface area (TPSA) is 99.4 Å². The zero-order valence-corrected chi connectivity index (χ0v) is 11.3. The molecule has 1 aromatic carbocycles. The van der Waals surface area contributed by atoms with Crippen molar-refractivity contribution >= 4 is 11.6 Å². The maximum Gasteiger partial charge on any atom is 0.184 e. The van der Waals surface area contributed by atoms with Crippen molar-refractivity contribution in [1.29, 1.82) is 0 Å². The first-order valence-corrected chi connectivity index (χ1v) is 6.58. The van der Waals surface area contributed by atoms with Crippen molar-refractivity contribution in [2.75, 3.05) is 13.2 Å². The van der Waals surface area contributed by atoms with Crippen molar-refractivity contribution in [1.82, 2.24) is 0 Å². The van der Waals surface area contributed by atoms with Crippen LogP contribution in [0.5, 0.6) is 0 Å². The van der Waals surface area contributed by atoms with E-state index in [1.54, 1.807) is 24.3 Å². The highest BCUT2D eigenvalue weighted by Crippen LogP contribution is 2.24. The molecule has 6 nitrogen and oxygen atoms in total. The first kappa shape index (κ1) is 15.7. The Morgan fingerprint density at radius 2 is 1.50 bits per heavy atom. The number of aliphatic hydroxyl groups is 4. The fourth-order valence-electron chi connectivity index (χ4n) is 1.92. The molecule has 0 radical (unpaired) electrons. The Balaban J connectivity index is 2.16. The lowest BCUT2D eigenvalue weighted by Gasteiger charge is -2.23. The highest BCUT2D eigenvalue weighted by molar-refractivity contribution is 6.30. The second kappa shape index (κ2) is 6.82. The molecule has 1 fully saturated rings. The molecule has 0 amide bonds. The standard InChI is InChI=1S/C13H17ClO6/c14-8-3-1-2-7(4-8)13-19-5-9(15)11(17)12(18)10(16)6-20-13/h1-4,9-13,15-18H,5-6H2/t9-,10+,11-,12-,13?/m1/s1. The van der Waals surface area contributed by atoms with Crippen molar-refractivity contribution in [3.63, 3.8) is 0 Å². The average Bonchev–Trinajstić information content (AvgIpc) is 2.48. The predicted molar refractivity (Wildman–Crippen MR) is 70.1 cm³/mol. The summed E-state index contributed by atoms with van der Waals surface area (Å²) in [6.45, 7) is -0.496. The van der Waals surface area contributed by atoms with Crippen LogP contribution in [-0.4, -0.2) is 58.1 Å². The lowest BCUT2D eigenvalue weighted by atomic mass is 10.0. The number of rotatable bonds is 1. The summed E-state index contributed by atoms with van der Waals surface area (Å²) in [6, 6.07) is 6.76. The molecular formula is C13H17ClO6. The van der Waals surface area contributed by atoms with Gasteiger partial charge in [-0.15, -0.1) is 0 Å². The second-order valence-electron chi connectivity index (χ2n) is 4.67. The molecule has 1 aromatic rings. The molecule has 4 N–H and O–H groups in total. The van der Waals surface area contributed by atoms with Gasteiger partial charge >= 0.3 is 0 Å². The van der Waals surface area contributed by atoms with Crippen LogP contribution < -0.4 is 0 Å². The van der Waals surface area contributed by atoms with Gasteiger partial charge in [0.1, 0.15) is 24.4 Å². The van der Waals surface area contributed by atoms with E-state index in [0.717, 1.165) is 0 Å². The molecule has 0 bridgehead atoms. The molecule has 20 heavy (non-hydrogen) atoms. The van der Waals surface area contributed by atoms with Gasteiger partial charge < -0.3 is 29.9 Å². The minimum absolute atomic E-state index is 0.248. The summed E-state index contributed by atoms with van der Waals surface area (Å²) >= 11 is 5.88. The number of hydrogen-bond donors (Lipinski definition) is 4. The molecule has 1 heterocycles. The van der Waals surface area contributed by atoms with E-state index >= 15 is 0 Å². The normalized spacial score (nSPS) is 36.0. The molecule has 0 saturated carbocycles. The van der Waals surface area contributed by atoms with Crippen LogP contribution in [-0.2, 0) is 9.47 Å². The van der Waals surface area contributed by atoms with Crippen molar-refractivity contribution in [3.05, 3.63) is 34.9 Å². The summed E-state index contributed by atoms with van der Waals surface area (Å²) < 4.78 is 10.7. The van der Waals surface area contributed by atoms with Crippen molar-refractivity contribution in [2.24, 2.45) is 0 Å². The molecule has 7 heteroatoms. The maximum atomic E-state index is 9.69. The average molecular weight is 305 g/mol. The van der Waals surface area contributed by atoms with E-state index in [1.165, 1.54) is 0 Å². The molecule has 1 aliphatic heterocycles. The van der Waals surface area contributed by atoms with Crippen LogP contribution in [0.1, 0.15) is 11.9 Å². The van der Waals surface area contributed by atoms with E-state index in [1.807, 2.05) is 0 Å². The molecule has 5 atom stereocenters. The fraction of sp³-hybridized carbons (Fsp3) is 0.538. The molecule has 1 saturated heterocycles. The minimum atomic E-state index is -1.51. The molecule has 0 spiro atoms. The number of halogens is 1. The van der Waals surface area contributed by atoms with Crippen LogP contribution in [0.25, 0.3) is 0 Å². The summed E-state index contributed by atoms with van der Waals surface area (Å²) in [6.07, 6.45) is -6.53. The number of aliphatic hydroxyl groups excluding tert-OH is 4. The quantitative estimate of drug-likeness (QED) is 0.575. The molecule has 0 aromatic heterocycles. The highest BCUT2D eigenvalue weighted by Gasteiger charge is 2.33. The molecular weight excluding hydrogens is 288 g/mol. The Hall–Kier alpha value is -0.730. The van der Waals surface area contributed by atoms with Gasteiger partial charge in [0.25, 0.3) is 0 Å². The zero-order chi connectivity index (χ0) is 14.7. The van der Waals surface area contributed by atoms with Gasteiger partial charge in [0.15, 0.2) is 6.29 Å². The Labute approximate surface area is 121 Å². The van der Waals surface area contributed by atoms with Gasteiger partial charge in [0.2, 0.25) is 0 Å². The molecule has 0 aliphatic carbocycles. The second-order valence-corrected chi connectivity index (χ2v) is 5.11. The van der Waals surface area contributed by atoms with Crippen molar-refractivity contribution < 1.29 is 29.9 Å².